The van der Waals surface area contributed by atoms with Gasteiger partial charge in [0.15, 0.2) is 6.29 Å². The van der Waals surface area contributed by atoms with Crippen molar-refractivity contribution < 1.29 is 14.3 Å². The molecule has 1 aromatic heterocycles. The maximum absolute atomic E-state index is 11.8. The number of aldehydes is 1. The Morgan fingerprint density at radius 3 is 2.88 bits per heavy atom. The molecule has 86 valence electrons. The molecule has 0 fully saturated rings. The van der Waals surface area contributed by atoms with Crippen LogP contribution in [-0.4, -0.2) is 18.9 Å². The first-order valence-corrected chi connectivity index (χ1v) is 6.36. The summed E-state index contributed by atoms with van der Waals surface area (Å²) in [7, 11) is 0. The van der Waals surface area contributed by atoms with Gasteiger partial charge >= 0.3 is 5.97 Å². The van der Waals surface area contributed by atoms with Crippen molar-refractivity contribution >= 4 is 23.6 Å². The van der Waals surface area contributed by atoms with Gasteiger partial charge in [-0.3, -0.25) is 4.79 Å². The number of hydrogen-bond donors (Lipinski definition) is 0. The summed E-state index contributed by atoms with van der Waals surface area (Å²) < 4.78 is 5.00. The standard InChI is InChI=1S/C12H14O3S/c1-2-15-12(14)11-8-5-3-4-6-9(8)16-10(11)7-13/h7H,2-6H2,1H3. The second kappa shape index (κ2) is 4.78. The summed E-state index contributed by atoms with van der Waals surface area (Å²) in [6.07, 6.45) is 4.89. The van der Waals surface area contributed by atoms with Crippen LogP contribution < -0.4 is 0 Å². The lowest BCUT2D eigenvalue weighted by molar-refractivity contribution is 0.0523. The van der Waals surface area contributed by atoms with E-state index in [2.05, 4.69) is 0 Å². The van der Waals surface area contributed by atoms with Gasteiger partial charge in [0.1, 0.15) is 0 Å². The van der Waals surface area contributed by atoms with E-state index < -0.39 is 0 Å². The molecule has 16 heavy (non-hydrogen) atoms. The molecular formula is C12H14O3S. The molecule has 0 saturated carbocycles. The van der Waals surface area contributed by atoms with Crippen molar-refractivity contribution in [3.63, 3.8) is 0 Å². The van der Waals surface area contributed by atoms with Crippen LogP contribution in [0.5, 0.6) is 0 Å². The predicted molar refractivity (Wildman–Crippen MR) is 62.3 cm³/mol. The molecule has 0 N–H and O–H groups in total. The second-order valence-corrected chi connectivity index (χ2v) is 4.93. The lowest BCUT2D eigenvalue weighted by Crippen LogP contribution is -2.10. The van der Waals surface area contributed by atoms with E-state index in [1.54, 1.807) is 6.92 Å². The molecule has 1 aliphatic rings. The molecule has 1 aliphatic carbocycles. The summed E-state index contributed by atoms with van der Waals surface area (Å²) in [5, 5.41) is 0. The van der Waals surface area contributed by atoms with Gasteiger partial charge in [-0.05, 0) is 38.2 Å². The summed E-state index contributed by atoms with van der Waals surface area (Å²) >= 11 is 1.45. The first-order chi connectivity index (χ1) is 7.77. The third-order valence-electron chi connectivity index (χ3n) is 2.79. The lowest BCUT2D eigenvalue weighted by atomic mass is 9.95. The van der Waals surface area contributed by atoms with Crippen LogP contribution in [0.25, 0.3) is 0 Å². The zero-order chi connectivity index (χ0) is 11.5. The first-order valence-electron chi connectivity index (χ1n) is 5.54. The van der Waals surface area contributed by atoms with Crippen molar-refractivity contribution in [2.45, 2.75) is 32.6 Å². The number of ether oxygens (including phenoxy) is 1. The highest BCUT2D eigenvalue weighted by Gasteiger charge is 2.25. The van der Waals surface area contributed by atoms with Gasteiger partial charge in [0, 0.05) is 4.88 Å². The van der Waals surface area contributed by atoms with Gasteiger partial charge in [-0.15, -0.1) is 11.3 Å². The van der Waals surface area contributed by atoms with Crippen LogP contribution in [0.4, 0.5) is 0 Å². The van der Waals surface area contributed by atoms with E-state index in [4.69, 9.17) is 4.74 Å². The fourth-order valence-electron chi connectivity index (χ4n) is 2.10. The Morgan fingerprint density at radius 2 is 2.19 bits per heavy atom. The van der Waals surface area contributed by atoms with Gasteiger partial charge in [-0.2, -0.15) is 0 Å². The molecule has 0 saturated heterocycles. The van der Waals surface area contributed by atoms with Gasteiger partial charge in [-0.1, -0.05) is 0 Å². The van der Waals surface area contributed by atoms with E-state index in [1.165, 1.54) is 16.2 Å². The SMILES string of the molecule is CCOC(=O)c1c(C=O)sc2c1CCCC2. The predicted octanol–water partition coefficient (Wildman–Crippen LogP) is 2.62. The summed E-state index contributed by atoms with van der Waals surface area (Å²) in [6.45, 7) is 2.12. The second-order valence-electron chi connectivity index (χ2n) is 3.79. The molecular weight excluding hydrogens is 224 g/mol. The van der Waals surface area contributed by atoms with Crippen LogP contribution in [0, 0.1) is 0 Å². The molecule has 0 spiro atoms. The highest BCUT2D eigenvalue weighted by atomic mass is 32.1. The van der Waals surface area contributed by atoms with Crippen molar-refractivity contribution in [2.24, 2.45) is 0 Å². The van der Waals surface area contributed by atoms with Crippen molar-refractivity contribution in [1.82, 2.24) is 0 Å². The Morgan fingerprint density at radius 1 is 1.44 bits per heavy atom. The Hall–Kier alpha value is -1.16. The fourth-order valence-corrected chi connectivity index (χ4v) is 3.29. The summed E-state index contributed by atoms with van der Waals surface area (Å²) in [5.74, 6) is -0.344. The zero-order valence-electron chi connectivity index (χ0n) is 9.25. The van der Waals surface area contributed by atoms with Crippen LogP contribution in [0.3, 0.4) is 0 Å². The van der Waals surface area contributed by atoms with E-state index in [0.29, 0.717) is 17.0 Å². The third-order valence-corrected chi connectivity index (χ3v) is 4.00. The average molecular weight is 238 g/mol. The Bertz CT molecular complexity index is 420. The molecule has 0 amide bonds. The quantitative estimate of drug-likeness (QED) is 0.600. The largest absolute Gasteiger partial charge is 0.462 e. The van der Waals surface area contributed by atoms with Crippen LogP contribution in [0.2, 0.25) is 0 Å². The first kappa shape index (κ1) is 11.3. The minimum Gasteiger partial charge on any atom is -0.462 e. The number of aryl methyl sites for hydroxylation is 1. The summed E-state index contributed by atoms with van der Waals surface area (Å²) in [4.78, 5) is 24.5. The molecule has 0 radical (unpaired) electrons. The Balaban J connectivity index is 2.44. The number of carbonyl (C=O) groups excluding carboxylic acids is 2. The highest BCUT2D eigenvalue weighted by molar-refractivity contribution is 7.14. The van der Waals surface area contributed by atoms with E-state index in [1.807, 2.05) is 0 Å². The van der Waals surface area contributed by atoms with E-state index >= 15 is 0 Å². The van der Waals surface area contributed by atoms with E-state index in [0.717, 1.165) is 37.5 Å². The molecule has 0 unspecified atom stereocenters. The molecule has 2 rings (SSSR count). The minimum absolute atomic E-state index is 0.344. The lowest BCUT2D eigenvalue weighted by Gasteiger charge is -2.11. The number of hydrogen-bond acceptors (Lipinski definition) is 4. The normalized spacial score (nSPS) is 14.3. The molecule has 0 aliphatic heterocycles. The van der Waals surface area contributed by atoms with E-state index in [-0.39, 0.29) is 5.97 Å². The summed E-state index contributed by atoms with van der Waals surface area (Å²) in [6, 6.07) is 0. The van der Waals surface area contributed by atoms with Crippen molar-refractivity contribution in [3.05, 3.63) is 20.9 Å². The van der Waals surface area contributed by atoms with Crippen LogP contribution in [0.1, 0.15) is 50.2 Å². The number of esters is 1. The van der Waals surface area contributed by atoms with Crippen molar-refractivity contribution in [3.8, 4) is 0 Å². The number of thiophene rings is 1. The minimum atomic E-state index is -0.344. The third kappa shape index (κ3) is 1.89. The molecule has 0 aromatic carbocycles. The molecule has 1 heterocycles. The van der Waals surface area contributed by atoms with Gasteiger partial charge in [-0.25, -0.2) is 4.79 Å². The highest BCUT2D eigenvalue weighted by Crippen LogP contribution is 2.34. The van der Waals surface area contributed by atoms with Gasteiger partial charge in [0.25, 0.3) is 0 Å². The Labute approximate surface area is 98.4 Å². The maximum Gasteiger partial charge on any atom is 0.340 e. The average Bonchev–Trinajstić information content (AvgIpc) is 2.67. The van der Waals surface area contributed by atoms with E-state index in [9.17, 15) is 9.59 Å². The fraction of sp³-hybridized carbons (Fsp3) is 0.500. The zero-order valence-corrected chi connectivity index (χ0v) is 10.1. The molecule has 0 bridgehead atoms. The monoisotopic (exact) mass is 238 g/mol. The molecule has 3 nitrogen and oxygen atoms in total. The molecule has 0 atom stereocenters. The van der Waals surface area contributed by atoms with Crippen LogP contribution >= 0.6 is 11.3 Å². The van der Waals surface area contributed by atoms with Crippen molar-refractivity contribution in [2.75, 3.05) is 6.61 Å². The van der Waals surface area contributed by atoms with Crippen LogP contribution in [0.15, 0.2) is 0 Å². The maximum atomic E-state index is 11.8. The number of rotatable bonds is 3. The van der Waals surface area contributed by atoms with Gasteiger partial charge in [0.2, 0.25) is 0 Å². The Kier molecular flexibility index (Phi) is 3.39. The summed E-state index contributed by atoms with van der Waals surface area (Å²) in [5.41, 5.74) is 1.58. The van der Waals surface area contributed by atoms with Crippen LogP contribution in [-0.2, 0) is 17.6 Å². The van der Waals surface area contributed by atoms with Crippen molar-refractivity contribution in [1.29, 1.82) is 0 Å². The topological polar surface area (TPSA) is 43.4 Å². The van der Waals surface area contributed by atoms with Gasteiger partial charge < -0.3 is 4.74 Å². The molecule has 4 heteroatoms. The smallest absolute Gasteiger partial charge is 0.340 e. The van der Waals surface area contributed by atoms with Gasteiger partial charge in [0.05, 0.1) is 17.0 Å². The number of fused-ring (bicyclic) bond motifs is 1. The molecule has 1 aromatic rings. The number of carbonyl (C=O) groups is 2.